The molecule has 50 heavy (non-hydrogen) atoms. The number of carbonyl (C=O) groups is 1. The van der Waals surface area contributed by atoms with Gasteiger partial charge in [-0.1, -0.05) is 170 Å². The fourth-order valence-corrected chi connectivity index (χ4v) is 3.80. The SMILES string of the molecule is C#CC(=C)C1=C(CC(CCCCCCC)=NCC)CCOCC1.CC.CC.CC.CC(=O)NC(C)/C=C\C=C/CF.CCC(C)C.CCCC. The molecule has 1 aliphatic heterocycles. The first-order chi connectivity index (χ1) is 24.1. The van der Waals surface area contributed by atoms with Crippen LogP contribution in [0.2, 0.25) is 0 Å². The number of hydrogen-bond acceptors (Lipinski definition) is 3. The van der Waals surface area contributed by atoms with E-state index in [2.05, 4.69) is 66.3 Å². The molecule has 4 nitrogen and oxygen atoms in total. The number of alkyl halides is 1. The molecule has 1 aliphatic rings. The van der Waals surface area contributed by atoms with E-state index in [-0.39, 0.29) is 11.9 Å². The minimum atomic E-state index is -0.459. The second-order valence-corrected chi connectivity index (χ2v) is 11.5. The van der Waals surface area contributed by atoms with Gasteiger partial charge in [0.2, 0.25) is 5.91 Å². The van der Waals surface area contributed by atoms with E-state index < -0.39 is 6.67 Å². The summed E-state index contributed by atoms with van der Waals surface area (Å²) in [5.41, 5.74) is 4.78. The van der Waals surface area contributed by atoms with Crippen LogP contribution in [0.1, 0.15) is 181 Å². The third-order valence-electron chi connectivity index (χ3n) is 6.86. The Labute approximate surface area is 314 Å². The number of amides is 1. The minimum Gasteiger partial charge on any atom is -0.381 e. The Bertz CT molecular complexity index is 861. The highest BCUT2D eigenvalue weighted by Gasteiger charge is 2.15. The van der Waals surface area contributed by atoms with Gasteiger partial charge in [-0.2, -0.15) is 0 Å². The number of terminal acetylenes is 1. The molecule has 1 N–H and O–H groups in total. The normalized spacial score (nSPS) is 12.7. The van der Waals surface area contributed by atoms with Crippen LogP contribution in [-0.2, 0) is 9.53 Å². The van der Waals surface area contributed by atoms with Crippen LogP contribution in [0.25, 0.3) is 0 Å². The lowest BCUT2D eigenvalue weighted by Crippen LogP contribution is -2.28. The van der Waals surface area contributed by atoms with E-state index in [4.69, 9.17) is 16.2 Å². The number of nitrogens with one attached hydrogen (secondary N) is 1. The van der Waals surface area contributed by atoms with Gasteiger partial charge in [0.25, 0.3) is 0 Å². The highest BCUT2D eigenvalue weighted by molar-refractivity contribution is 5.87. The molecule has 0 radical (unpaired) electrons. The van der Waals surface area contributed by atoms with E-state index in [1.165, 1.54) is 81.2 Å². The topological polar surface area (TPSA) is 50.7 Å². The van der Waals surface area contributed by atoms with Crippen molar-refractivity contribution in [2.75, 3.05) is 26.4 Å². The zero-order valence-corrected chi connectivity index (χ0v) is 36.2. The van der Waals surface area contributed by atoms with Crippen LogP contribution >= 0.6 is 0 Å². The maximum absolute atomic E-state index is 11.5. The van der Waals surface area contributed by atoms with Crippen molar-refractivity contribution in [2.24, 2.45) is 10.9 Å². The van der Waals surface area contributed by atoms with Crippen molar-refractivity contribution in [3.8, 4) is 12.3 Å². The van der Waals surface area contributed by atoms with Crippen molar-refractivity contribution in [1.29, 1.82) is 0 Å². The van der Waals surface area contributed by atoms with Gasteiger partial charge in [-0.15, -0.1) is 6.42 Å². The molecule has 0 saturated carbocycles. The molecule has 0 aromatic carbocycles. The largest absolute Gasteiger partial charge is 0.381 e. The highest BCUT2D eigenvalue weighted by atomic mass is 19.1. The number of hydrogen-bond donors (Lipinski definition) is 1. The average molecular weight is 707 g/mol. The van der Waals surface area contributed by atoms with Crippen LogP contribution < -0.4 is 5.32 Å². The summed E-state index contributed by atoms with van der Waals surface area (Å²) in [5, 5.41) is 2.67. The molecule has 1 unspecified atom stereocenters. The van der Waals surface area contributed by atoms with Gasteiger partial charge in [-0.25, -0.2) is 4.39 Å². The monoisotopic (exact) mass is 707 g/mol. The summed E-state index contributed by atoms with van der Waals surface area (Å²) in [6.07, 6.45) is 26.4. The Balaban J connectivity index is -0.000000149. The van der Waals surface area contributed by atoms with Gasteiger partial charge in [-0.05, 0) is 51.0 Å². The Hall–Kier alpha value is -2.45. The molecule has 0 aromatic heterocycles. The number of unbranched alkanes of at least 4 members (excludes halogenated alkanes) is 5. The van der Waals surface area contributed by atoms with Crippen molar-refractivity contribution < 1.29 is 13.9 Å². The van der Waals surface area contributed by atoms with Crippen LogP contribution in [-0.4, -0.2) is 44.1 Å². The number of aliphatic imine (C=N–C) groups is 1. The van der Waals surface area contributed by atoms with Gasteiger partial charge in [0, 0.05) is 37.2 Å². The first-order valence-electron chi connectivity index (χ1n) is 20.2. The third-order valence-corrected chi connectivity index (χ3v) is 6.86. The molecular weight excluding hydrogens is 620 g/mol. The van der Waals surface area contributed by atoms with Crippen LogP contribution in [0.4, 0.5) is 4.39 Å². The average Bonchev–Trinajstić information content (AvgIpc) is 3.38. The third kappa shape index (κ3) is 49.9. The van der Waals surface area contributed by atoms with Crippen LogP contribution in [0, 0.1) is 18.3 Å². The lowest BCUT2D eigenvalue weighted by Gasteiger charge is -2.14. The summed E-state index contributed by atoms with van der Waals surface area (Å²) in [6.45, 7) is 36.7. The molecule has 5 heteroatoms. The summed E-state index contributed by atoms with van der Waals surface area (Å²) < 4.78 is 17.2. The van der Waals surface area contributed by atoms with Gasteiger partial charge in [0.05, 0.1) is 13.2 Å². The van der Waals surface area contributed by atoms with E-state index in [0.29, 0.717) is 0 Å². The molecular formula is C45H87FN2O2. The molecule has 0 aliphatic carbocycles. The Kier molecular flexibility index (Phi) is 63.7. The summed E-state index contributed by atoms with van der Waals surface area (Å²) in [4.78, 5) is 15.3. The molecule has 1 rings (SSSR count). The standard InChI is InChI=1S/C21H33NO.C9H14FNO.C5H12.C4H10.3C2H6/c1-5-8-9-10-11-12-20(22-7-3)17-19-13-15-23-16-14-21(19)18(4)6-2;1-8(11-9(2)12)6-4-3-5-7-10;1-4-5(2)3;1-3-4-2;3*1-2/h2H,4-5,7-17H2,1,3H3;3-6,8H,7H2,1-2H3,(H,11,12);5H,4H2,1-3H3;3-4H2,1-2H3;3*1-2H3/b;5-3-,6-4-;;;;;. The number of rotatable bonds is 16. The van der Waals surface area contributed by atoms with E-state index in [1.54, 1.807) is 18.2 Å². The number of nitrogens with zero attached hydrogens (tertiary/aromatic N) is 1. The lowest BCUT2D eigenvalue weighted by molar-refractivity contribution is -0.119. The molecule has 0 spiro atoms. The molecule has 0 bridgehead atoms. The van der Waals surface area contributed by atoms with Crippen molar-refractivity contribution in [1.82, 2.24) is 5.32 Å². The summed E-state index contributed by atoms with van der Waals surface area (Å²) in [6, 6.07) is -0.00763. The van der Waals surface area contributed by atoms with Crippen molar-refractivity contribution in [3.05, 3.63) is 47.6 Å². The lowest BCUT2D eigenvalue weighted by atomic mass is 9.92. The molecule has 296 valence electrons. The van der Waals surface area contributed by atoms with Crippen LogP contribution in [0.15, 0.2) is 52.6 Å². The maximum atomic E-state index is 11.5. The summed E-state index contributed by atoms with van der Waals surface area (Å²) in [5.74, 6) is 3.53. The number of carbonyl (C=O) groups excluding carboxylic acids is 1. The van der Waals surface area contributed by atoms with E-state index in [9.17, 15) is 9.18 Å². The number of halogens is 1. The van der Waals surface area contributed by atoms with Crippen LogP contribution in [0.5, 0.6) is 0 Å². The van der Waals surface area contributed by atoms with Crippen LogP contribution in [0.3, 0.4) is 0 Å². The van der Waals surface area contributed by atoms with E-state index in [1.807, 2.05) is 48.5 Å². The maximum Gasteiger partial charge on any atom is 0.217 e. The van der Waals surface area contributed by atoms with Crippen molar-refractivity contribution in [3.63, 3.8) is 0 Å². The smallest absolute Gasteiger partial charge is 0.217 e. The second-order valence-electron chi connectivity index (χ2n) is 11.5. The van der Waals surface area contributed by atoms with Crippen molar-refractivity contribution >= 4 is 11.6 Å². The summed E-state index contributed by atoms with van der Waals surface area (Å²) >= 11 is 0. The zero-order chi connectivity index (χ0) is 40.0. The Morgan fingerprint density at radius 2 is 1.46 bits per heavy atom. The quantitative estimate of drug-likeness (QED) is 0.0752. The number of allylic oxidation sites excluding steroid dienone is 4. The second kappa shape index (κ2) is 53.3. The Morgan fingerprint density at radius 1 is 0.920 bits per heavy atom. The van der Waals surface area contributed by atoms with E-state index >= 15 is 0 Å². The van der Waals surface area contributed by atoms with Gasteiger partial charge in [0.15, 0.2) is 0 Å². The van der Waals surface area contributed by atoms with Gasteiger partial charge in [0.1, 0.15) is 6.67 Å². The predicted molar refractivity (Wildman–Crippen MR) is 228 cm³/mol. The molecule has 1 heterocycles. The van der Waals surface area contributed by atoms with E-state index in [0.717, 1.165) is 56.9 Å². The van der Waals surface area contributed by atoms with Gasteiger partial charge in [-0.3, -0.25) is 9.79 Å². The minimum absolute atomic E-state index is 0.00763. The molecule has 1 atom stereocenters. The van der Waals surface area contributed by atoms with Gasteiger partial charge < -0.3 is 10.1 Å². The highest BCUT2D eigenvalue weighted by Crippen LogP contribution is 2.26. The predicted octanol–water partition coefficient (Wildman–Crippen LogP) is 14.0. The zero-order valence-electron chi connectivity index (χ0n) is 36.2. The number of ether oxygens (including phenoxy) is 1. The fourth-order valence-electron chi connectivity index (χ4n) is 3.80. The molecule has 1 amide bonds. The molecule has 0 fully saturated rings. The first-order valence-corrected chi connectivity index (χ1v) is 20.2. The summed E-state index contributed by atoms with van der Waals surface area (Å²) in [7, 11) is 0. The van der Waals surface area contributed by atoms with Gasteiger partial charge >= 0.3 is 0 Å². The Morgan fingerprint density at radius 3 is 1.90 bits per heavy atom. The fraction of sp³-hybridized carbons (Fsp3) is 0.733. The van der Waals surface area contributed by atoms with Crippen molar-refractivity contribution in [2.45, 2.75) is 187 Å². The first kappa shape index (κ1) is 59.7. The molecule has 0 aromatic rings. The molecule has 0 saturated heterocycles.